The van der Waals surface area contributed by atoms with Crippen molar-refractivity contribution in [3.63, 3.8) is 0 Å². The average molecular weight is 242 g/mol. The van der Waals surface area contributed by atoms with Crippen molar-refractivity contribution in [1.29, 1.82) is 0 Å². The van der Waals surface area contributed by atoms with Gasteiger partial charge in [0.05, 0.1) is 10.2 Å². The molecule has 0 unspecified atom stereocenters. The molecular formula is C8H4BrNOS. The molecule has 0 saturated heterocycles. The molecule has 0 atom stereocenters. The molecule has 1 aromatic carbocycles. The molecule has 0 aliphatic heterocycles. The summed E-state index contributed by atoms with van der Waals surface area (Å²) in [6.45, 7) is 0. The lowest BCUT2D eigenvalue weighted by Gasteiger charge is -1.87. The van der Waals surface area contributed by atoms with Gasteiger partial charge in [0.25, 0.3) is 0 Å². The van der Waals surface area contributed by atoms with Crippen molar-refractivity contribution >= 4 is 43.8 Å². The highest BCUT2D eigenvalue weighted by atomic mass is 79.9. The molecule has 1 aromatic heterocycles. The van der Waals surface area contributed by atoms with E-state index >= 15 is 0 Å². The molecule has 0 saturated carbocycles. The molecule has 2 nitrogen and oxygen atoms in total. The van der Waals surface area contributed by atoms with Gasteiger partial charge < -0.3 is 0 Å². The maximum absolute atomic E-state index is 10.4. The molecular weight excluding hydrogens is 238 g/mol. The molecule has 0 aliphatic rings. The van der Waals surface area contributed by atoms with Crippen LogP contribution in [0.3, 0.4) is 0 Å². The minimum absolute atomic E-state index is 0.693. The van der Waals surface area contributed by atoms with E-state index in [0.717, 1.165) is 20.4 Å². The zero-order valence-corrected chi connectivity index (χ0v) is 8.35. The summed E-state index contributed by atoms with van der Waals surface area (Å²) in [7, 11) is 0. The largest absolute Gasteiger partial charge is 0.298 e. The van der Waals surface area contributed by atoms with Crippen LogP contribution >= 0.6 is 27.3 Å². The zero-order chi connectivity index (χ0) is 8.55. The summed E-state index contributed by atoms with van der Waals surface area (Å²) in [4.78, 5) is 14.6. The lowest BCUT2D eigenvalue weighted by molar-refractivity contribution is 0.112. The van der Waals surface area contributed by atoms with Gasteiger partial charge in [-0.05, 0) is 34.1 Å². The van der Waals surface area contributed by atoms with Gasteiger partial charge in [0.1, 0.15) is 6.29 Å². The first-order chi connectivity index (χ1) is 5.79. The number of aromatic nitrogens is 1. The highest BCUT2D eigenvalue weighted by Gasteiger charge is 2.00. The molecule has 0 spiro atoms. The molecule has 1 heterocycles. The Morgan fingerprint density at radius 3 is 3.08 bits per heavy atom. The van der Waals surface area contributed by atoms with Crippen molar-refractivity contribution < 1.29 is 4.79 Å². The Labute approximate surface area is 81.4 Å². The van der Waals surface area contributed by atoms with Crippen molar-refractivity contribution in [2.24, 2.45) is 0 Å². The Morgan fingerprint density at radius 2 is 2.33 bits per heavy atom. The first-order valence-corrected chi connectivity index (χ1v) is 4.92. The number of fused-ring (bicyclic) bond motifs is 1. The molecule has 0 N–H and O–H groups in total. The lowest BCUT2D eigenvalue weighted by Crippen LogP contribution is -1.76. The summed E-state index contributed by atoms with van der Waals surface area (Å²) >= 11 is 4.82. The smallest absolute Gasteiger partial charge is 0.160 e. The lowest BCUT2D eigenvalue weighted by atomic mass is 10.2. The summed E-state index contributed by atoms with van der Waals surface area (Å²) in [6.07, 6.45) is 0.840. The summed E-state index contributed by atoms with van der Waals surface area (Å²) in [5.41, 5.74) is 1.62. The van der Waals surface area contributed by atoms with Crippen LogP contribution in [0.25, 0.3) is 10.2 Å². The van der Waals surface area contributed by atoms with E-state index in [1.807, 2.05) is 12.1 Å². The van der Waals surface area contributed by atoms with Crippen LogP contribution in [0.1, 0.15) is 10.4 Å². The minimum atomic E-state index is 0.693. The number of thiazole rings is 1. The third-order valence-corrected chi connectivity index (χ3v) is 2.99. The van der Waals surface area contributed by atoms with Crippen LogP contribution in [0.2, 0.25) is 0 Å². The maximum atomic E-state index is 10.4. The molecule has 0 aliphatic carbocycles. The highest BCUT2D eigenvalue weighted by Crippen LogP contribution is 2.26. The number of carbonyl (C=O) groups is 1. The fourth-order valence-corrected chi connectivity index (χ4v) is 2.44. The average Bonchev–Trinajstić information content (AvgIpc) is 2.43. The van der Waals surface area contributed by atoms with E-state index in [-0.39, 0.29) is 0 Å². The van der Waals surface area contributed by atoms with Gasteiger partial charge in [-0.25, -0.2) is 4.98 Å². The second-order valence-corrected chi connectivity index (χ2v) is 4.62. The molecule has 0 bridgehead atoms. The normalized spacial score (nSPS) is 10.4. The summed E-state index contributed by atoms with van der Waals surface area (Å²) in [5.74, 6) is 0. The predicted molar refractivity (Wildman–Crippen MR) is 52.7 cm³/mol. The van der Waals surface area contributed by atoms with Crippen LogP contribution in [-0.2, 0) is 0 Å². The standard InChI is InChI=1S/C8H4BrNOS/c9-8-10-6-2-1-5(4-11)3-7(6)12-8/h1-4H. The Hall–Kier alpha value is -0.740. The van der Waals surface area contributed by atoms with Crippen molar-refractivity contribution in [3.05, 3.63) is 27.7 Å². The first kappa shape index (κ1) is 7.89. The van der Waals surface area contributed by atoms with Crippen molar-refractivity contribution in [2.75, 3.05) is 0 Å². The predicted octanol–water partition coefficient (Wildman–Crippen LogP) is 2.87. The van der Waals surface area contributed by atoms with E-state index in [4.69, 9.17) is 0 Å². The topological polar surface area (TPSA) is 30.0 Å². The van der Waals surface area contributed by atoms with Crippen LogP contribution in [-0.4, -0.2) is 11.3 Å². The number of rotatable bonds is 1. The van der Waals surface area contributed by atoms with Crippen molar-refractivity contribution in [2.45, 2.75) is 0 Å². The SMILES string of the molecule is O=Cc1ccc2nc(Br)sc2c1. The van der Waals surface area contributed by atoms with Gasteiger partial charge in [-0.1, -0.05) is 0 Å². The van der Waals surface area contributed by atoms with Gasteiger partial charge in [-0.3, -0.25) is 4.79 Å². The van der Waals surface area contributed by atoms with E-state index in [9.17, 15) is 4.79 Å². The van der Waals surface area contributed by atoms with E-state index in [1.54, 1.807) is 6.07 Å². The van der Waals surface area contributed by atoms with Gasteiger partial charge in [0.15, 0.2) is 3.92 Å². The Balaban J connectivity index is 2.74. The van der Waals surface area contributed by atoms with Gasteiger partial charge in [-0.2, -0.15) is 0 Å². The van der Waals surface area contributed by atoms with Gasteiger partial charge >= 0.3 is 0 Å². The van der Waals surface area contributed by atoms with Crippen LogP contribution in [0.5, 0.6) is 0 Å². The summed E-state index contributed by atoms with van der Waals surface area (Å²) < 4.78 is 1.88. The second-order valence-electron chi connectivity index (χ2n) is 2.31. The summed E-state index contributed by atoms with van der Waals surface area (Å²) in [6, 6.07) is 5.45. The molecule has 4 heteroatoms. The first-order valence-electron chi connectivity index (χ1n) is 3.31. The van der Waals surface area contributed by atoms with E-state index in [1.165, 1.54) is 11.3 Å². The Kier molecular flexibility index (Phi) is 1.94. The number of nitrogens with zero attached hydrogens (tertiary/aromatic N) is 1. The molecule has 0 amide bonds. The second kappa shape index (κ2) is 2.95. The fraction of sp³-hybridized carbons (Fsp3) is 0. The van der Waals surface area contributed by atoms with Gasteiger partial charge in [0, 0.05) is 5.56 Å². The summed E-state index contributed by atoms with van der Waals surface area (Å²) in [5, 5.41) is 0. The molecule has 2 aromatic rings. The third-order valence-electron chi connectivity index (χ3n) is 1.52. The van der Waals surface area contributed by atoms with Crippen LogP contribution < -0.4 is 0 Å². The zero-order valence-electron chi connectivity index (χ0n) is 5.95. The minimum Gasteiger partial charge on any atom is -0.298 e. The molecule has 0 fully saturated rings. The number of carbonyl (C=O) groups excluding carboxylic acids is 1. The van der Waals surface area contributed by atoms with Crippen LogP contribution in [0, 0.1) is 0 Å². The Morgan fingerprint density at radius 1 is 1.50 bits per heavy atom. The number of hydrogen-bond acceptors (Lipinski definition) is 3. The highest BCUT2D eigenvalue weighted by molar-refractivity contribution is 9.11. The molecule has 2 rings (SSSR count). The monoisotopic (exact) mass is 241 g/mol. The molecule has 60 valence electrons. The molecule has 0 radical (unpaired) electrons. The van der Waals surface area contributed by atoms with Crippen LogP contribution in [0.15, 0.2) is 22.1 Å². The van der Waals surface area contributed by atoms with E-state index < -0.39 is 0 Å². The number of halogens is 1. The maximum Gasteiger partial charge on any atom is 0.160 e. The fourth-order valence-electron chi connectivity index (χ4n) is 0.986. The quantitative estimate of drug-likeness (QED) is 0.719. The number of aldehydes is 1. The number of hydrogen-bond donors (Lipinski definition) is 0. The van der Waals surface area contributed by atoms with E-state index in [0.29, 0.717) is 5.56 Å². The van der Waals surface area contributed by atoms with Crippen molar-refractivity contribution in [3.8, 4) is 0 Å². The Bertz CT molecular complexity index is 438. The third kappa shape index (κ3) is 1.28. The van der Waals surface area contributed by atoms with Crippen LogP contribution in [0.4, 0.5) is 0 Å². The van der Waals surface area contributed by atoms with Crippen molar-refractivity contribution in [1.82, 2.24) is 4.98 Å². The number of benzene rings is 1. The van der Waals surface area contributed by atoms with Gasteiger partial charge in [0.2, 0.25) is 0 Å². The molecule has 12 heavy (non-hydrogen) atoms. The van der Waals surface area contributed by atoms with Gasteiger partial charge in [-0.15, -0.1) is 11.3 Å². The van der Waals surface area contributed by atoms with E-state index in [2.05, 4.69) is 20.9 Å².